The highest BCUT2D eigenvalue weighted by molar-refractivity contribution is 5.07. The Hall–Kier alpha value is -0.900. The molecule has 2 fully saturated rings. The van der Waals surface area contributed by atoms with Gasteiger partial charge in [0.25, 0.3) is 0 Å². The van der Waals surface area contributed by atoms with Crippen molar-refractivity contribution in [1.82, 2.24) is 15.5 Å². The Morgan fingerprint density at radius 2 is 2.12 bits per heavy atom. The second-order valence-corrected chi connectivity index (χ2v) is 5.23. The third kappa shape index (κ3) is 2.12. The highest BCUT2D eigenvalue weighted by atomic mass is 16.5. The summed E-state index contributed by atoms with van der Waals surface area (Å²) in [7, 11) is 0. The second kappa shape index (κ2) is 4.17. The number of rotatable bonds is 4. The van der Waals surface area contributed by atoms with E-state index in [-0.39, 0.29) is 0 Å². The third-order valence-electron chi connectivity index (χ3n) is 3.82. The smallest absolute Gasteiger partial charge is 0.240 e. The molecule has 16 heavy (non-hydrogen) atoms. The van der Waals surface area contributed by atoms with E-state index < -0.39 is 0 Å². The van der Waals surface area contributed by atoms with Gasteiger partial charge in [0, 0.05) is 12.0 Å². The largest absolute Gasteiger partial charge is 0.338 e. The van der Waals surface area contributed by atoms with Gasteiger partial charge in [-0.1, -0.05) is 24.9 Å². The van der Waals surface area contributed by atoms with Gasteiger partial charge in [0.2, 0.25) is 5.89 Å². The van der Waals surface area contributed by atoms with Crippen LogP contribution in [0, 0.1) is 5.92 Å². The first-order chi connectivity index (χ1) is 7.83. The van der Waals surface area contributed by atoms with E-state index in [4.69, 9.17) is 4.52 Å². The maximum absolute atomic E-state index is 5.25. The lowest BCUT2D eigenvalue weighted by molar-refractivity contribution is 0.353. The molecule has 4 heteroatoms. The summed E-state index contributed by atoms with van der Waals surface area (Å²) in [6, 6.07) is 0.662. The SMILES string of the molecule is CC1CC1c1noc(CNC2CCCC2)n1. The zero-order chi connectivity index (χ0) is 11.0. The van der Waals surface area contributed by atoms with Gasteiger partial charge in [0.15, 0.2) is 5.82 Å². The van der Waals surface area contributed by atoms with Gasteiger partial charge in [-0.3, -0.25) is 0 Å². The van der Waals surface area contributed by atoms with E-state index in [0.29, 0.717) is 12.0 Å². The van der Waals surface area contributed by atoms with Gasteiger partial charge in [-0.15, -0.1) is 0 Å². The summed E-state index contributed by atoms with van der Waals surface area (Å²) in [6.07, 6.45) is 6.51. The van der Waals surface area contributed by atoms with Crippen LogP contribution in [0.3, 0.4) is 0 Å². The van der Waals surface area contributed by atoms with Crippen molar-refractivity contribution in [3.63, 3.8) is 0 Å². The van der Waals surface area contributed by atoms with Crippen molar-refractivity contribution >= 4 is 0 Å². The van der Waals surface area contributed by atoms with E-state index in [9.17, 15) is 0 Å². The van der Waals surface area contributed by atoms with E-state index in [1.807, 2.05) is 0 Å². The summed E-state index contributed by atoms with van der Waals surface area (Å²) >= 11 is 0. The minimum absolute atomic E-state index is 0.559. The number of nitrogens with one attached hydrogen (secondary N) is 1. The lowest BCUT2D eigenvalue weighted by Gasteiger charge is -2.08. The molecular formula is C12H19N3O. The first-order valence-corrected chi connectivity index (χ1v) is 6.39. The molecule has 2 aliphatic carbocycles. The molecule has 1 aromatic heterocycles. The molecule has 0 aliphatic heterocycles. The maximum atomic E-state index is 5.25. The average molecular weight is 221 g/mol. The second-order valence-electron chi connectivity index (χ2n) is 5.23. The third-order valence-corrected chi connectivity index (χ3v) is 3.82. The van der Waals surface area contributed by atoms with Crippen LogP contribution in [-0.4, -0.2) is 16.2 Å². The quantitative estimate of drug-likeness (QED) is 0.847. The van der Waals surface area contributed by atoms with Crippen molar-refractivity contribution in [1.29, 1.82) is 0 Å². The number of hydrogen-bond donors (Lipinski definition) is 1. The summed E-state index contributed by atoms with van der Waals surface area (Å²) in [5.74, 6) is 2.97. The number of hydrogen-bond acceptors (Lipinski definition) is 4. The normalized spacial score (nSPS) is 29.8. The Morgan fingerprint density at radius 1 is 1.38 bits per heavy atom. The van der Waals surface area contributed by atoms with Crippen LogP contribution in [0.5, 0.6) is 0 Å². The molecule has 2 unspecified atom stereocenters. The van der Waals surface area contributed by atoms with Crippen molar-refractivity contribution in [2.45, 2.75) is 57.5 Å². The highest BCUT2D eigenvalue weighted by Gasteiger charge is 2.38. The summed E-state index contributed by atoms with van der Waals surface area (Å²) in [5, 5.41) is 7.53. The van der Waals surface area contributed by atoms with Gasteiger partial charge < -0.3 is 9.84 Å². The van der Waals surface area contributed by atoms with E-state index in [2.05, 4.69) is 22.4 Å². The Morgan fingerprint density at radius 3 is 2.81 bits per heavy atom. The topological polar surface area (TPSA) is 51.0 Å². The molecule has 1 N–H and O–H groups in total. The fourth-order valence-electron chi connectivity index (χ4n) is 2.53. The van der Waals surface area contributed by atoms with Crippen molar-refractivity contribution in [3.8, 4) is 0 Å². The average Bonchev–Trinajstić information content (AvgIpc) is 2.80. The van der Waals surface area contributed by atoms with Crippen LogP contribution in [0.25, 0.3) is 0 Å². The molecule has 1 aromatic rings. The van der Waals surface area contributed by atoms with Gasteiger partial charge in [0.1, 0.15) is 0 Å². The van der Waals surface area contributed by atoms with Crippen LogP contribution < -0.4 is 5.32 Å². The van der Waals surface area contributed by atoms with E-state index in [1.54, 1.807) is 0 Å². The van der Waals surface area contributed by atoms with E-state index in [1.165, 1.54) is 32.1 Å². The number of aromatic nitrogens is 2. The molecule has 0 radical (unpaired) electrons. The molecule has 4 nitrogen and oxygen atoms in total. The predicted molar refractivity (Wildman–Crippen MR) is 59.9 cm³/mol. The fourth-order valence-corrected chi connectivity index (χ4v) is 2.53. The lowest BCUT2D eigenvalue weighted by Crippen LogP contribution is -2.25. The van der Waals surface area contributed by atoms with Crippen LogP contribution in [0.1, 0.15) is 56.7 Å². The predicted octanol–water partition coefficient (Wildman–Crippen LogP) is 2.23. The molecule has 0 spiro atoms. The molecule has 1 heterocycles. The van der Waals surface area contributed by atoms with Gasteiger partial charge in [0.05, 0.1) is 6.54 Å². The van der Waals surface area contributed by atoms with Gasteiger partial charge in [-0.05, 0) is 25.2 Å². The molecule has 88 valence electrons. The highest BCUT2D eigenvalue weighted by Crippen LogP contribution is 2.45. The van der Waals surface area contributed by atoms with Crippen LogP contribution in [0.2, 0.25) is 0 Å². The maximum Gasteiger partial charge on any atom is 0.240 e. The molecule has 0 bridgehead atoms. The van der Waals surface area contributed by atoms with Crippen molar-refractivity contribution in [2.75, 3.05) is 0 Å². The Kier molecular flexibility index (Phi) is 2.67. The first-order valence-electron chi connectivity index (χ1n) is 6.39. The molecule has 0 amide bonds. The first kappa shape index (κ1) is 10.3. The van der Waals surface area contributed by atoms with E-state index in [0.717, 1.165) is 24.2 Å². The summed E-state index contributed by atoms with van der Waals surface area (Å²) in [5.41, 5.74) is 0. The van der Waals surface area contributed by atoms with Crippen LogP contribution >= 0.6 is 0 Å². The minimum Gasteiger partial charge on any atom is -0.338 e. The fraction of sp³-hybridized carbons (Fsp3) is 0.833. The summed E-state index contributed by atoms with van der Waals surface area (Å²) < 4.78 is 5.25. The van der Waals surface area contributed by atoms with Crippen molar-refractivity contribution in [3.05, 3.63) is 11.7 Å². The monoisotopic (exact) mass is 221 g/mol. The standard InChI is InChI=1S/C12H19N3O/c1-8-6-10(8)12-14-11(16-15-12)7-13-9-4-2-3-5-9/h8-10,13H,2-7H2,1H3. The van der Waals surface area contributed by atoms with Crippen LogP contribution in [-0.2, 0) is 6.54 Å². The lowest BCUT2D eigenvalue weighted by atomic mass is 10.2. The zero-order valence-electron chi connectivity index (χ0n) is 9.78. The molecular weight excluding hydrogens is 202 g/mol. The van der Waals surface area contributed by atoms with Gasteiger partial charge >= 0.3 is 0 Å². The Bertz CT molecular complexity index is 357. The molecule has 0 aromatic carbocycles. The Balaban J connectivity index is 1.52. The minimum atomic E-state index is 0.559. The molecule has 0 saturated heterocycles. The van der Waals surface area contributed by atoms with Gasteiger partial charge in [-0.25, -0.2) is 0 Å². The summed E-state index contributed by atoms with van der Waals surface area (Å²) in [4.78, 5) is 4.44. The van der Waals surface area contributed by atoms with Crippen molar-refractivity contribution in [2.24, 2.45) is 5.92 Å². The molecule has 3 rings (SSSR count). The number of nitrogens with zero attached hydrogens (tertiary/aromatic N) is 2. The molecule has 2 saturated carbocycles. The van der Waals surface area contributed by atoms with Crippen molar-refractivity contribution < 1.29 is 4.52 Å². The molecule has 2 atom stereocenters. The summed E-state index contributed by atoms with van der Waals surface area (Å²) in [6.45, 7) is 2.97. The van der Waals surface area contributed by atoms with E-state index >= 15 is 0 Å². The van der Waals surface area contributed by atoms with Crippen LogP contribution in [0.15, 0.2) is 4.52 Å². The Labute approximate surface area is 95.8 Å². The zero-order valence-corrected chi connectivity index (χ0v) is 9.78. The van der Waals surface area contributed by atoms with Gasteiger partial charge in [-0.2, -0.15) is 4.98 Å². The molecule has 2 aliphatic rings. The van der Waals surface area contributed by atoms with Crippen LogP contribution in [0.4, 0.5) is 0 Å².